The fourth-order valence-electron chi connectivity index (χ4n) is 1.96. The van der Waals surface area contributed by atoms with Crippen LogP contribution in [0.4, 0.5) is 0 Å². The number of nitrogens with zero attached hydrogens (tertiary/aromatic N) is 2. The summed E-state index contributed by atoms with van der Waals surface area (Å²) in [5, 5.41) is 19.8. The second-order valence-corrected chi connectivity index (χ2v) is 3.80. The van der Waals surface area contributed by atoms with E-state index in [4.69, 9.17) is 0 Å². The molecule has 5 heteroatoms. The van der Waals surface area contributed by atoms with Crippen molar-refractivity contribution in [3.05, 3.63) is 47.8 Å². The van der Waals surface area contributed by atoms with Crippen LogP contribution in [-0.4, -0.2) is 26.0 Å². The third-order valence-electron chi connectivity index (χ3n) is 2.78. The number of fused-ring (bicyclic) bond motifs is 3. The van der Waals surface area contributed by atoms with Crippen LogP contribution in [-0.2, 0) is 5.79 Å². The molecule has 0 atom stereocenters. The number of pyridine rings is 2. The molecule has 1 aliphatic rings. The quantitative estimate of drug-likeness (QED) is 0.641. The van der Waals surface area contributed by atoms with E-state index in [-0.39, 0.29) is 11.1 Å². The third-order valence-corrected chi connectivity index (χ3v) is 2.78. The molecule has 2 heterocycles. The van der Waals surface area contributed by atoms with Gasteiger partial charge in [0.1, 0.15) is 5.69 Å². The monoisotopic (exact) mass is 228 g/mol. The second-order valence-electron chi connectivity index (χ2n) is 3.80. The van der Waals surface area contributed by atoms with E-state index in [9.17, 15) is 15.0 Å². The summed E-state index contributed by atoms with van der Waals surface area (Å²) in [5.74, 6) is -3.30. The second kappa shape index (κ2) is 3.19. The molecule has 1 aliphatic carbocycles. The topological polar surface area (TPSA) is 83.3 Å². The summed E-state index contributed by atoms with van der Waals surface area (Å²) >= 11 is 0. The van der Waals surface area contributed by atoms with Crippen molar-refractivity contribution >= 4 is 5.78 Å². The van der Waals surface area contributed by atoms with Crippen molar-refractivity contribution in [1.29, 1.82) is 0 Å². The number of aromatic nitrogens is 2. The van der Waals surface area contributed by atoms with Crippen molar-refractivity contribution in [3.8, 4) is 11.4 Å². The predicted octanol–water partition coefficient (Wildman–Crippen LogP) is 0.477. The molecule has 2 aromatic heterocycles. The highest BCUT2D eigenvalue weighted by molar-refractivity contribution is 6.09. The molecule has 0 amide bonds. The Kier molecular flexibility index (Phi) is 1.89. The smallest absolute Gasteiger partial charge is 0.258 e. The first kappa shape index (κ1) is 10.1. The van der Waals surface area contributed by atoms with Crippen LogP contribution < -0.4 is 0 Å². The third kappa shape index (κ3) is 1.23. The lowest BCUT2D eigenvalue weighted by Gasteiger charge is -2.27. The molecule has 84 valence electrons. The maximum atomic E-state index is 11.9. The van der Waals surface area contributed by atoms with Gasteiger partial charge in [-0.15, -0.1) is 0 Å². The lowest BCUT2D eigenvalue weighted by atomic mass is 9.86. The standard InChI is InChI=1S/C12H8N2O3/c15-11-7-3-1-5-13-9(7)10-8(12(11,16)17)4-2-6-14-10/h1-6,16-17H. The Balaban J connectivity index is 2.42. The summed E-state index contributed by atoms with van der Waals surface area (Å²) in [4.78, 5) is 20.1. The molecule has 0 saturated heterocycles. The van der Waals surface area contributed by atoms with Gasteiger partial charge < -0.3 is 10.2 Å². The number of Topliss-reactive ketones (excluding diaryl/α,β-unsaturated/α-hetero) is 1. The van der Waals surface area contributed by atoms with Crippen LogP contribution in [0.1, 0.15) is 15.9 Å². The molecule has 5 nitrogen and oxygen atoms in total. The highest BCUT2D eigenvalue weighted by Crippen LogP contribution is 2.37. The molecule has 0 fully saturated rings. The Hall–Kier alpha value is -2.11. The summed E-state index contributed by atoms with van der Waals surface area (Å²) in [6, 6.07) is 6.07. The first-order chi connectivity index (χ1) is 8.12. The van der Waals surface area contributed by atoms with Crippen LogP contribution in [0.2, 0.25) is 0 Å². The van der Waals surface area contributed by atoms with Crippen LogP contribution in [0.3, 0.4) is 0 Å². The van der Waals surface area contributed by atoms with Crippen LogP contribution in [0, 0.1) is 0 Å². The number of hydrogen-bond donors (Lipinski definition) is 2. The van der Waals surface area contributed by atoms with E-state index in [1.807, 2.05) is 0 Å². The Labute approximate surface area is 96.4 Å². The number of carbonyl (C=O) groups excluding carboxylic acids is 1. The maximum Gasteiger partial charge on any atom is 0.258 e. The number of carbonyl (C=O) groups is 1. The highest BCUT2D eigenvalue weighted by Gasteiger charge is 2.44. The van der Waals surface area contributed by atoms with Gasteiger partial charge in [0.15, 0.2) is 0 Å². The lowest BCUT2D eigenvalue weighted by Crippen LogP contribution is -2.39. The zero-order valence-electron chi connectivity index (χ0n) is 8.66. The fourth-order valence-corrected chi connectivity index (χ4v) is 1.96. The first-order valence-electron chi connectivity index (χ1n) is 5.03. The maximum absolute atomic E-state index is 11.9. The van der Waals surface area contributed by atoms with Crippen LogP contribution in [0.5, 0.6) is 0 Å². The molecular formula is C12H8N2O3. The minimum Gasteiger partial charge on any atom is -0.356 e. The zero-order valence-corrected chi connectivity index (χ0v) is 8.66. The first-order valence-corrected chi connectivity index (χ1v) is 5.03. The molecule has 0 aromatic carbocycles. The summed E-state index contributed by atoms with van der Waals surface area (Å²) in [6.07, 6.45) is 3.05. The van der Waals surface area contributed by atoms with Gasteiger partial charge in [0.25, 0.3) is 5.79 Å². The zero-order chi connectivity index (χ0) is 12.0. The van der Waals surface area contributed by atoms with Crippen LogP contribution in [0.25, 0.3) is 11.4 Å². The van der Waals surface area contributed by atoms with E-state index in [2.05, 4.69) is 9.97 Å². The van der Waals surface area contributed by atoms with E-state index in [1.165, 1.54) is 24.5 Å². The number of rotatable bonds is 0. The van der Waals surface area contributed by atoms with Gasteiger partial charge in [-0.2, -0.15) is 0 Å². The van der Waals surface area contributed by atoms with Crippen molar-refractivity contribution < 1.29 is 15.0 Å². The van der Waals surface area contributed by atoms with Gasteiger partial charge in [0.05, 0.1) is 11.3 Å². The van der Waals surface area contributed by atoms with Gasteiger partial charge in [0, 0.05) is 18.0 Å². The molecule has 0 bridgehead atoms. The van der Waals surface area contributed by atoms with Crippen molar-refractivity contribution in [2.24, 2.45) is 0 Å². The minimum absolute atomic E-state index is 0.0659. The Morgan fingerprint density at radius 2 is 1.65 bits per heavy atom. The predicted molar refractivity (Wildman–Crippen MR) is 57.9 cm³/mol. The van der Waals surface area contributed by atoms with E-state index in [0.717, 1.165) is 0 Å². The van der Waals surface area contributed by atoms with Gasteiger partial charge in [-0.3, -0.25) is 14.8 Å². The van der Waals surface area contributed by atoms with Crippen molar-refractivity contribution in [3.63, 3.8) is 0 Å². The Morgan fingerprint density at radius 3 is 2.41 bits per heavy atom. The van der Waals surface area contributed by atoms with E-state index < -0.39 is 11.6 Å². The SMILES string of the molecule is O=C1c2cccnc2-c2ncccc2C1(O)O. The fraction of sp³-hybridized carbons (Fsp3) is 0.0833. The van der Waals surface area contributed by atoms with E-state index in [1.54, 1.807) is 12.1 Å². The molecular weight excluding hydrogens is 220 g/mol. The summed E-state index contributed by atoms with van der Waals surface area (Å²) in [5.41, 5.74) is 0.944. The lowest BCUT2D eigenvalue weighted by molar-refractivity contribution is -0.128. The molecule has 0 spiro atoms. The van der Waals surface area contributed by atoms with Crippen LogP contribution >= 0.6 is 0 Å². The average molecular weight is 228 g/mol. The normalized spacial score (nSPS) is 16.2. The molecule has 3 rings (SSSR count). The van der Waals surface area contributed by atoms with Gasteiger partial charge in [0.2, 0.25) is 5.78 Å². The number of aliphatic hydroxyl groups is 2. The average Bonchev–Trinajstić information content (AvgIpc) is 2.37. The van der Waals surface area contributed by atoms with Gasteiger partial charge in [-0.1, -0.05) is 0 Å². The largest absolute Gasteiger partial charge is 0.356 e. The van der Waals surface area contributed by atoms with Crippen molar-refractivity contribution in [2.75, 3.05) is 0 Å². The summed E-state index contributed by atoms with van der Waals surface area (Å²) in [7, 11) is 0. The van der Waals surface area contributed by atoms with Gasteiger partial charge >= 0.3 is 0 Å². The van der Waals surface area contributed by atoms with Crippen LogP contribution in [0.15, 0.2) is 36.7 Å². The summed E-state index contributed by atoms with van der Waals surface area (Å²) < 4.78 is 0. The Bertz CT molecular complexity index is 623. The molecule has 0 aliphatic heterocycles. The van der Waals surface area contributed by atoms with Gasteiger partial charge in [-0.25, -0.2) is 0 Å². The summed E-state index contributed by atoms with van der Waals surface area (Å²) in [6.45, 7) is 0. The van der Waals surface area contributed by atoms with E-state index >= 15 is 0 Å². The van der Waals surface area contributed by atoms with Crippen molar-refractivity contribution in [1.82, 2.24) is 9.97 Å². The molecule has 2 aromatic rings. The molecule has 0 radical (unpaired) electrons. The molecule has 0 saturated carbocycles. The van der Waals surface area contributed by atoms with E-state index in [0.29, 0.717) is 11.4 Å². The number of ketones is 1. The van der Waals surface area contributed by atoms with Gasteiger partial charge in [-0.05, 0) is 24.3 Å². The molecule has 0 unspecified atom stereocenters. The minimum atomic E-state index is -2.53. The Morgan fingerprint density at radius 1 is 1.00 bits per heavy atom. The number of hydrogen-bond acceptors (Lipinski definition) is 5. The molecule has 17 heavy (non-hydrogen) atoms. The van der Waals surface area contributed by atoms with Crippen molar-refractivity contribution in [2.45, 2.75) is 5.79 Å². The highest BCUT2D eigenvalue weighted by atomic mass is 16.5. The molecule has 2 N–H and O–H groups in total.